The van der Waals surface area contributed by atoms with Crippen LogP contribution in [0.2, 0.25) is 0 Å². The Hall–Kier alpha value is -0.0800. The van der Waals surface area contributed by atoms with Crippen molar-refractivity contribution in [1.82, 2.24) is 0 Å². The van der Waals surface area contributed by atoms with E-state index in [-0.39, 0.29) is 0 Å². The second kappa shape index (κ2) is 3.46. The predicted molar refractivity (Wildman–Crippen MR) is 60.3 cm³/mol. The van der Waals surface area contributed by atoms with Gasteiger partial charge in [0.05, 0.1) is 0 Å². The number of nitrogens with two attached hydrogens (primary N) is 1. The maximum atomic E-state index is 9.35. The van der Waals surface area contributed by atoms with E-state index in [0.29, 0.717) is 24.0 Å². The van der Waals surface area contributed by atoms with Crippen molar-refractivity contribution in [2.24, 2.45) is 28.9 Å². The summed E-state index contributed by atoms with van der Waals surface area (Å²) in [5.41, 5.74) is 6.90. The second-order valence-electron chi connectivity index (χ2n) is 6.17. The Balaban J connectivity index is 1.83. The third-order valence-electron chi connectivity index (χ3n) is 5.64. The SMILES string of the molecule is N[C@@H]1[C@H]2CC[C@H](C2)[C@@]12CCC[C@@H](CO)C2. The van der Waals surface area contributed by atoms with Crippen LogP contribution in [0.4, 0.5) is 0 Å². The van der Waals surface area contributed by atoms with Crippen molar-refractivity contribution >= 4 is 0 Å². The zero-order valence-electron chi connectivity index (χ0n) is 9.49. The van der Waals surface area contributed by atoms with E-state index in [1.54, 1.807) is 0 Å². The topological polar surface area (TPSA) is 46.2 Å². The molecular formula is C13H23NO. The highest BCUT2D eigenvalue weighted by molar-refractivity contribution is 5.09. The largest absolute Gasteiger partial charge is 0.396 e. The molecule has 2 bridgehead atoms. The summed E-state index contributed by atoms with van der Waals surface area (Å²) in [5, 5.41) is 9.35. The van der Waals surface area contributed by atoms with Gasteiger partial charge in [-0.15, -0.1) is 0 Å². The fourth-order valence-electron chi connectivity index (χ4n) is 4.90. The molecule has 2 heteroatoms. The van der Waals surface area contributed by atoms with Crippen LogP contribution in [0.1, 0.15) is 44.9 Å². The summed E-state index contributed by atoms with van der Waals surface area (Å²) >= 11 is 0. The summed E-state index contributed by atoms with van der Waals surface area (Å²) in [6.07, 6.45) is 9.25. The Bertz CT molecular complexity index is 251. The maximum absolute atomic E-state index is 9.35. The van der Waals surface area contributed by atoms with E-state index in [2.05, 4.69) is 0 Å². The van der Waals surface area contributed by atoms with Crippen LogP contribution in [0.5, 0.6) is 0 Å². The maximum Gasteiger partial charge on any atom is 0.0459 e. The second-order valence-corrected chi connectivity index (χ2v) is 6.17. The van der Waals surface area contributed by atoms with E-state index in [4.69, 9.17) is 5.73 Å². The smallest absolute Gasteiger partial charge is 0.0459 e. The predicted octanol–water partition coefficient (Wildman–Crippen LogP) is 1.91. The Morgan fingerprint density at radius 1 is 1.27 bits per heavy atom. The molecule has 0 heterocycles. The number of hydrogen-bond donors (Lipinski definition) is 2. The highest BCUT2D eigenvalue weighted by Crippen LogP contribution is 2.61. The van der Waals surface area contributed by atoms with Crippen molar-refractivity contribution in [2.75, 3.05) is 6.61 Å². The molecule has 0 unspecified atom stereocenters. The summed E-state index contributed by atoms with van der Waals surface area (Å²) in [5.74, 6) is 2.25. The Morgan fingerprint density at radius 3 is 2.80 bits per heavy atom. The molecule has 3 fully saturated rings. The lowest BCUT2D eigenvalue weighted by Crippen LogP contribution is -2.49. The quantitative estimate of drug-likeness (QED) is 0.693. The minimum Gasteiger partial charge on any atom is -0.396 e. The minimum atomic E-state index is 0.381. The van der Waals surface area contributed by atoms with Crippen molar-refractivity contribution in [3.05, 3.63) is 0 Å². The number of aliphatic hydroxyl groups excluding tert-OH is 1. The van der Waals surface area contributed by atoms with Gasteiger partial charge in [-0.25, -0.2) is 0 Å². The average molecular weight is 209 g/mol. The number of fused-ring (bicyclic) bond motifs is 3. The molecule has 15 heavy (non-hydrogen) atoms. The van der Waals surface area contributed by atoms with Gasteiger partial charge in [-0.3, -0.25) is 0 Å². The van der Waals surface area contributed by atoms with Gasteiger partial charge in [-0.1, -0.05) is 6.42 Å². The molecule has 3 aliphatic rings. The van der Waals surface area contributed by atoms with Gasteiger partial charge in [-0.05, 0) is 61.7 Å². The first-order valence-corrected chi connectivity index (χ1v) is 6.63. The normalized spacial score (nSPS) is 54.0. The van der Waals surface area contributed by atoms with E-state index >= 15 is 0 Å². The van der Waals surface area contributed by atoms with Crippen molar-refractivity contribution in [1.29, 1.82) is 0 Å². The van der Waals surface area contributed by atoms with Crippen LogP contribution in [-0.4, -0.2) is 17.8 Å². The third kappa shape index (κ3) is 1.31. The summed E-state index contributed by atoms with van der Waals surface area (Å²) in [7, 11) is 0. The highest BCUT2D eigenvalue weighted by atomic mass is 16.3. The molecule has 0 saturated heterocycles. The van der Waals surface area contributed by atoms with Crippen LogP contribution in [0.25, 0.3) is 0 Å². The fourth-order valence-corrected chi connectivity index (χ4v) is 4.90. The van der Waals surface area contributed by atoms with Crippen molar-refractivity contribution in [3.63, 3.8) is 0 Å². The molecule has 0 radical (unpaired) electrons. The molecule has 0 amide bonds. The van der Waals surface area contributed by atoms with Gasteiger partial charge in [0.1, 0.15) is 0 Å². The van der Waals surface area contributed by atoms with Crippen molar-refractivity contribution in [2.45, 2.75) is 51.0 Å². The van der Waals surface area contributed by atoms with Gasteiger partial charge in [0.15, 0.2) is 0 Å². The van der Waals surface area contributed by atoms with Crippen LogP contribution in [0, 0.1) is 23.2 Å². The van der Waals surface area contributed by atoms with Gasteiger partial charge >= 0.3 is 0 Å². The zero-order valence-corrected chi connectivity index (χ0v) is 9.49. The molecule has 2 nitrogen and oxygen atoms in total. The van der Waals surface area contributed by atoms with Crippen LogP contribution in [-0.2, 0) is 0 Å². The van der Waals surface area contributed by atoms with E-state index in [0.717, 1.165) is 11.8 Å². The lowest BCUT2D eigenvalue weighted by molar-refractivity contribution is 0.0292. The van der Waals surface area contributed by atoms with Gasteiger partial charge in [0.25, 0.3) is 0 Å². The number of rotatable bonds is 1. The van der Waals surface area contributed by atoms with Crippen LogP contribution in [0.15, 0.2) is 0 Å². The third-order valence-corrected chi connectivity index (χ3v) is 5.64. The summed E-state index contributed by atoms with van der Waals surface area (Å²) in [4.78, 5) is 0. The molecular weight excluding hydrogens is 186 g/mol. The lowest BCUT2D eigenvalue weighted by Gasteiger charge is -2.47. The average Bonchev–Trinajstić information content (AvgIpc) is 2.84. The molecule has 0 aromatic rings. The molecule has 5 atom stereocenters. The molecule has 0 aliphatic heterocycles. The van der Waals surface area contributed by atoms with Crippen molar-refractivity contribution in [3.8, 4) is 0 Å². The van der Waals surface area contributed by atoms with Gasteiger partial charge < -0.3 is 10.8 Å². The highest BCUT2D eigenvalue weighted by Gasteiger charge is 2.57. The number of hydrogen-bond acceptors (Lipinski definition) is 2. The van der Waals surface area contributed by atoms with Crippen molar-refractivity contribution < 1.29 is 5.11 Å². The van der Waals surface area contributed by atoms with E-state index in [1.807, 2.05) is 0 Å². The van der Waals surface area contributed by atoms with Gasteiger partial charge in [0, 0.05) is 12.6 Å². The molecule has 3 saturated carbocycles. The van der Waals surface area contributed by atoms with Gasteiger partial charge in [0.2, 0.25) is 0 Å². The standard InChI is InChI=1S/C13H23NO/c14-12-10-3-4-11(6-10)13(12)5-1-2-9(7-13)8-15/h9-12,15H,1-8,14H2/t9-,10+,11-,12-,13+/m1/s1. The molecule has 0 aromatic carbocycles. The van der Waals surface area contributed by atoms with E-state index < -0.39 is 0 Å². The zero-order chi connectivity index (χ0) is 10.5. The molecule has 3 rings (SSSR count). The van der Waals surface area contributed by atoms with Crippen LogP contribution in [0.3, 0.4) is 0 Å². The molecule has 86 valence electrons. The van der Waals surface area contributed by atoms with Crippen LogP contribution < -0.4 is 5.73 Å². The summed E-state index contributed by atoms with van der Waals surface area (Å²) in [6, 6.07) is 0.450. The molecule has 1 spiro atoms. The molecule has 3 N–H and O–H groups in total. The monoisotopic (exact) mass is 209 g/mol. The number of aliphatic hydroxyl groups is 1. The Kier molecular flexibility index (Phi) is 2.33. The summed E-state index contributed by atoms with van der Waals surface area (Å²) < 4.78 is 0. The summed E-state index contributed by atoms with van der Waals surface area (Å²) in [6.45, 7) is 0.381. The fraction of sp³-hybridized carbons (Fsp3) is 1.00. The first kappa shape index (κ1) is 10.1. The van der Waals surface area contributed by atoms with Gasteiger partial charge in [-0.2, -0.15) is 0 Å². The molecule has 3 aliphatic carbocycles. The first-order valence-electron chi connectivity index (χ1n) is 6.63. The minimum absolute atomic E-state index is 0.381. The Morgan fingerprint density at radius 2 is 2.13 bits per heavy atom. The first-order chi connectivity index (χ1) is 7.26. The van der Waals surface area contributed by atoms with E-state index in [9.17, 15) is 5.11 Å². The lowest BCUT2D eigenvalue weighted by atomic mass is 9.60. The van der Waals surface area contributed by atoms with E-state index in [1.165, 1.54) is 44.9 Å². The molecule has 0 aromatic heterocycles. The van der Waals surface area contributed by atoms with Crippen LogP contribution >= 0.6 is 0 Å². The Labute approximate surface area is 92.2 Å².